The lowest BCUT2D eigenvalue weighted by atomic mass is 10.1. The molecule has 1 amide bonds. The van der Waals surface area contributed by atoms with Gasteiger partial charge in [-0.15, -0.1) is 0 Å². The van der Waals surface area contributed by atoms with Gasteiger partial charge in [0.2, 0.25) is 11.7 Å². The number of carbonyl (C=O) groups is 1. The molecule has 3 heterocycles. The molecule has 144 valence electrons. The van der Waals surface area contributed by atoms with Crippen LogP contribution in [0.15, 0.2) is 41.1 Å². The number of carbonyl (C=O) groups excluding carboxylic acids is 1. The van der Waals surface area contributed by atoms with Gasteiger partial charge in [-0.2, -0.15) is 4.98 Å². The van der Waals surface area contributed by atoms with Gasteiger partial charge < -0.3 is 14.3 Å². The minimum atomic E-state index is -0.0860. The van der Waals surface area contributed by atoms with E-state index in [2.05, 4.69) is 20.0 Å². The number of nitrogens with zero attached hydrogens (tertiary/aromatic N) is 5. The van der Waals surface area contributed by atoms with E-state index >= 15 is 0 Å². The summed E-state index contributed by atoms with van der Waals surface area (Å²) in [6.45, 7) is 4.29. The van der Waals surface area contributed by atoms with Crippen LogP contribution in [0, 0.1) is 6.92 Å². The number of piperazine rings is 1. The summed E-state index contributed by atoms with van der Waals surface area (Å²) in [4.78, 5) is 25.4. The van der Waals surface area contributed by atoms with Crippen LogP contribution in [-0.4, -0.2) is 52.1 Å². The molecule has 1 aliphatic rings. The smallest absolute Gasteiger partial charge is 0.255 e. The maximum absolute atomic E-state index is 12.7. The van der Waals surface area contributed by atoms with Gasteiger partial charge in [-0.05, 0) is 30.3 Å². The van der Waals surface area contributed by atoms with E-state index < -0.39 is 0 Å². The molecule has 7 nitrogen and oxygen atoms in total. The van der Waals surface area contributed by atoms with Gasteiger partial charge in [0.15, 0.2) is 0 Å². The standard InChI is InChI=1S/C19H17Cl2N5O2/c1-12-23-18(24-28-12)13-2-5-17(22-11-13)25-6-8-26(9-7-25)19(27)15-4-3-14(20)10-16(15)21/h2-5,10-11H,6-9H2,1H3. The Labute approximate surface area is 171 Å². The molecule has 1 fully saturated rings. The van der Waals surface area contributed by atoms with E-state index in [9.17, 15) is 4.79 Å². The van der Waals surface area contributed by atoms with Crippen LogP contribution in [0.4, 0.5) is 5.82 Å². The van der Waals surface area contributed by atoms with Gasteiger partial charge in [-0.3, -0.25) is 4.79 Å². The van der Waals surface area contributed by atoms with Gasteiger partial charge >= 0.3 is 0 Å². The molecule has 3 aromatic rings. The highest BCUT2D eigenvalue weighted by Crippen LogP contribution is 2.24. The molecule has 2 aromatic heterocycles. The van der Waals surface area contributed by atoms with Gasteiger partial charge in [0, 0.05) is 49.9 Å². The monoisotopic (exact) mass is 417 g/mol. The number of anilines is 1. The van der Waals surface area contributed by atoms with Crippen LogP contribution in [-0.2, 0) is 0 Å². The van der Waals surface area contributed by atoms with Crippen molar-refractivity contribution in [2.45, 2.75) is 6.92 Å². The molecule has 1 saturated heterocycles. The van der Waals surface area contributed by atoms with Gasteiger partial charge in [-0.25, -0.2) is 4.98 Å². The van der Waals surface area contributed by atoms with Crippen molar-refractivity contribution in [3.8, 4) is 11.4 Å². The minimum absolute atomic E-state index is 0.0860. The van der Waals surface area contributed by atoms with Crippen LogP contribution in [0.3, 0.4) is 0 Å². The minimum Gasteiger partial charge on any atom is -0.353 e. The molecular weight excluding hydrogens is 401 g/mol. The molecular formula is C19H17Cl2N5O2. The number of pyridine rings is 1. The van der Waals surface area contributed by atoms with E-state index in [1.807, 2.05) is 12.1 Å². The van der Waals surface area contributed by atoms with Gasteiger partial charge in [0.1, 0.15) is 5.82 Å². The highest BCUT2D eigenvalue weighted by atomic mass is 35.5. The number of amides is 1. The molecule has 0 saturated carbocycles. The first-order chi connectivity index (χ1) is 13.5. The van der Waals surface area contributed by atoms with Crippen molar-refractivity contribution in [3.63, 3.8) is 0 Å². The summed E-state index contributed by atoms with van der Waals surface area (Å²) in [7, 11) is 0. The van der Waals surface area contributed by atoms with E-state index in [-0.39, 0.29) is 5.91 Å². The number of aromatic nitrogens is 3. The Kier molecular flexibility index (Phi) is 5.19. The Morgan fingerprint density at radius 2 is 1.89 bits per heavy atom. The zero-order chi connectivity index (χ0) is 19.7. The fourth-order valence-electron chi connectivity index (χ4n) is 3.09. The maximum atomic E-state index is 12.7. The molecule has 0 atom stereocenters. The van der Waals surface area contributed by atoms with E-state index in [0.717, 1.165) is 11.4 Å². The zero-order valence-corrected chi connectivity index (χ0v) is 16.6. The molecule has 0 N–H and O–H groups in total. The fourth-order valence-corrected chi connectivity index (χ4v) is 3.58. The fraction of sp³-hybridized carbons (Fsp3) is 0.263. The summed E-state index contributed by atoms with van der Waals surface area (Å²) in [5.41, 5.74) is 1.27. The van der Waals surface area contributed by atoms with Crippen molar-refractivity contribution >= 4 is 34.9 Å². The number of benzene rings is 1. The lowest BCUT2D eigenvalue weighted by Gasteiger charge is -2.35. The Morgan fingerprint density at radius 3 is 2.50 bits per heavy atom. The topological polar surface area (TPSA) is 75.4 Å². The molecule has 1 aromatic carbocycles. The van der Waals surface area contributed by atoms with Crippen LogP contribution in [0.5, 0.6) is 0 Å². The molecule has 9 heteroatoms. The number of halogens is 2. The van der Waals surface area contributed by atoms with Crippen molar-refractivity contribution in [1.82, 2.24) is 20.0 Å². The van der Waals surface area contributed by atoms with E-state index in [1.165, 1.54) is 0 Å². The molecule has 0 radical (unpaired) electrons. The van der Waals surface area contributed by atoms with Gasteiger partial charge in [0.25, 0.3) is 5.91 Å². The predicted octanol–water partition coefficient (Wildman–Crippen LogP) is 3.71. The summed E-state index contributed by atoms with van der Waals surface area (Å²) >= 11 is 12.1. The van der Waals surface area contributed by atoms with Crippen LogP contribution >= 0.6 is 23.2 Å². The lowest BCUT2D eigenvalue weighted by molar-refractivity contribution is 0.0746. The van der Waals surface area contributed by atoms with Gasteiger partial charge in [-0.1, -0.05) is 28.4 Å². The SMILES string of the molecule is Cc1nc(-c2ccc(N3CCN(C(=O)c4ccc(Cl)cc4Cl)CC3)nc2)no1. The van der Waals surface area contributed by atoms with E-state index in [4.69, 9.17) is 27.7 Å². The normalized spacial score (nSPS) is 14.4. The first kappa shape index (κ1) is 18.7. The first-order valence-corrected chi connectivity index (χ1v) is 9.53. The summed E-state index contributed by atoms with van der Waals surface area (Å²) in [6.07, 6.45) is 1.73. The summed E-state index contributed by atoms with van der Waals surface area (Å²) in [6, 6.07) is 8.77. The molecule has 4 rings (SSSR count). The number of hydrogen-bond donors (Lipinski definition) is 0. The Morgan fingerprint density at radius 1 is 1.11 bits per heavy atom. The third kappa shape index (κ3) is 3.81. The number of rotatable bonds is 3. The zero-order valence-electron chi connectivity index (χ0n) is 15.1. The van der Waals surface area contributed by atoms with Gasteiger partial charge in [0.05, 0.1) is 10.6 Å². The number of aryl methyl sites for hydroxylation is 1. The second-order valence-corrected chi connectivity index (χ2v) is 7.29. The average Bonchev–Trinajstić information content (AvgIpc) is 3.14. The first-order valence-electron chi connectivity index (χ1n) is 8.77. The average molecular weight is 418 g/mol. The summed E-state index contributed by atoms with van der Waals surface area (Å²) < 4.78 is 5.00. The third-order valence-electron chi connectivity index (χ3n) is 4.59. The Hall–Kier alpha value is -2.64. The van der Waals surface area contributed by atoms with Crippen LogP contribution < -0.4 is 4.90 Å². The van der Waals surface area contributed by atoms with E-state index in [1.54, 1.807) is 36.2 Å². The highest BCUT2D eigenvalue weighted by molar-refractivity contribution is 6.36. The predicted molar refractivity (Wildman–Crippen MR) is 107 cm³/mol. The summed E-state index contributed by atoms with van der Waals surface area (Å²) in [5.74, 6) is 1.80. The Bertz CT molecular complexity index is 998. The van der Waals surface area contributed by atoms with Crippen molar-refractivity contribution in [2.24, 2.45) is 0 Å². The highest BCUT2D eigenvalue weighted by Gasteiger charge is 2.24. The quantitative estimate of drug-likeness (QED) is 0.646. The van der Waals surface area contributed by atoms with Crippen LogP contribution in [0.2, 0.25) is 10.0 Å². The molecule has 0 unspecified atom stereocenters. The van der Waals surface area contributed by atoms with Crippen molar-refractivity contribution in [3.05, 3.63) is 58.0 Å². The van der Waals surface area contributed by atoms with Crippen molar-refractivity contribution in [2.75, 3.05) is 31.1 Å². The lowest BCUT2D eigenvalue weighted by Crippen LogP contribution is -2.49. The Balaban J connectivity index is 1.40. The summed E-state index contributed by atoms with van der Waals surface area (Å²) in [5, 5.41) is 4.78. The van der Waals surface area contributed by atoms with Crippen molar-refractivity contribution in [1.29, 1.82) is 0 Å². The third-order valence-corrected chi connectivity index (χ3v) is 5.13. The second kappa shape index (κ2) is 7.77. The molecule has 28 heavy (non-hydrogen) atoms. The molecule has 0 aliphatic carbocycles. The van der Waals surface area contributed by atoms with Crippen molar-refractivity contribution < 1.29 is 9.32 Å². The molecule has 1 aliphatic heterocycles. The molecule has 0 bridgehead atoms. The largest absolute Gasteiger partial charge is 0.353 e. The maximum Gasteiger partial charge on any atom is 0.255 e. The number of hydrogen-bond acceptors (Lipinski definition) is 6. The van der Waals surface area contributed by atoms with Crippen LogP contribution in [0.1, 0.15) is 16.2 Å². The second-order valence-electron chi connectivity index (χ2n) is 6.45. The van der Waals surface area contributed by atoms with E-state index in [0.29, 0.717) is 53.5 Å². The molecule has 0 spiro atoms. The van der Waals surface area contributed by atoms with Crippen LogP contribution in [0.25, 0.3) is 11.4 Å².